The van der Waals surface area contributed by atoms with Crippen molar-refractivity contribution < 1.29 is 4.79 Å². The van der Waals surface area contributed by atoms with Crippen molar-refractivity contribution in [3.05, 3.63) is 42.0 Å². The van der Waals surface area contributed by atoms with Crippen molar-refractivity contribution in [2.75, 3.05) is 0 Å². The Morgan fingerprint density at radius 2 is 2.06 bits per heavy atom. The molecule has 0 aliphatic rings. The van der Waals surface area contributed by atoms with Crippen molar-refractivity contribution in [2.24, 2.45) is 7.05 Å². The lowest BCUT2D eigenvalue weighted by atomic mass is 10.2. The molecule has 3 aromatic heterocycles. The summed E-state index contributed by atoms with van der Waals surface area (Å²) in [6, 6.07) is 3.59. The highest BCUT2D eigenvalue weighted by Crippen LogP contribution is 2.21. The summed E-state index contributed by atoms with van der Waals surface area (Å²) in [4.78, 5) is 15.3. The first-order chi connectivity index (χ1) is 8.67. The number of hydrogen-bond donors (Lipinski definition) is 0. The molecule has 0 fully saturated rings. The minimum atomic E-state index is 0.634. The third kappa shape index (κ3) is 1.60. The minimum absolute atomic E-state index is 0.634. The Bertz CT molecular complexity index is 739. The number of carbonyl (C=O) groups excluding carboxylic acids is 1. The van der Waals surface area contributed by atoms with Crippen molar-refractivity contribution in [3.63, 3.8) is 0 Å². The van der Waals surface area contributed by atoms with E-state index < -0.39 is 0 Å². The molecule has 0 saturated carbocycles. The summed E-state index contributed by atoms with van der Waals surface area (Å²) in [6.45, 7) is 1.95. The van der Waals surface area contributed by atoms with Crippen LogP contribution in [0.5, 0.6) is 0 Å². The molecule has 5 heteroatoms. The van der Waals surface area contributed by atoms with Gasteiger partial charge in [0.05, 0.1) is 11.4 Å². The summed E-state index contributed by atoms with van der Waals surface area (Å²) in [7, 11) is 1.89. The van der Waals surface area contributed by atoms with Crippen molar-refractivity contribution in [2.45, 2.75) is 6.92 Å². The number of aryl methyl sites for hydroxylation is 2. The topological polar surface area (TPSA) is 52.2 Å². The molecule has 3 aromatic rings. The molecule has 90 valence electrons. The van der Waals surface area contributed by atoms with Crippen LogP contribution in [0.2, 0.25) is 0 Å². The third-order valence-electron chi connectivity index (χ3n) is 2.90. The van der Waals surface area contributed by atoms with Crippen LogP contribution in [-0.2, 0) is 7.05 Å². The normalized spacial score (nSPS) is 11.0. The van der Waals surface area contributed by atoms with Gasteiger partial charge in [0.25, 0.3) is 0 Å². The van der Waals surface area contributed by atoms with E-state index in [1.165, 1.54) is 0 Å². The largest absolute Gasteiger partial charge is 0.306 e. The van der Waals surface area contributed by atoms with Crippen LogP contribution in [0.15, 0.2) is 30.7 Å². The minimum Gasteiger partial charge on any atom is -0.306 e. The molecular formula is C13H12N4O. The predicted octanol–water partition coefficient (Wildman–Crippen LogP) is 1.86. The Balaban J connectivity index is 2.18. The van der Waals surface area contributed by atoms with Crippen LogP contribution in [0.3, 0.4) is 0 Å². The van der Waals surface area contributed by atoms with Gasteiger partial charge < -0.3 is 4.40 Å². The zero-order valence-corrected chi connectivity index (χ0v) is 10.2. The molecule has 5 nitrogen and oxygen atoms in total. The highest BCUT2D eigenvalue weighted by Gasteiger charge is 2.10. The van der Waals surface area contributed by atoms with Crippen LogP contribution in [0.25, 0.3) is 16.9 Å². The molecule has 0 unspecified atom stereocenters. The van der Waals surface area contributed by atoms with Gasteiger partial charge in [-0.25, -0.2) is 4.98 Å². The first kappa shape index (κ1) is 10.7. The number of aromatic nitrogens is 4. The zero-order valence-electron chi connectivity index (χ0n) is 10.2. The highest BCUT2D eigenvalue weighted by atomic mass is 16.1. The molecule has 0 aromatic carbocycles. The number of carbonyl (C=O) groups is 1. The Kier molecular flexibility index (Phi) is 2.26. The number of pyridine rings is 1. The van der Waals surface area contributed by atoms with Crippen molar-refractivity contribution in [1.29, 1.82) is 0 Å². The second-order valence-electron chi connectivity index (χ2n) is 4.27. The van der Waals surface area contributed by atoms with Gasteiger partial charge in [-0.1, -0.05) is 0 Å². The Morgan fingerprint density at radius 1 is 1.22 bits per heavy atom. The standard InChI is InChI=1S/C13H12N4O/c1-9-11(6-16(2)15-9)12-7-17-5-10(8-18)3-4-13(17)14-12/h3-8H,1-2H3. The molecule has 18 heavy (non-hydrogen) atoms. The number of rotatable bonds is 2. The summed E-state index contributed by atoms with van der Waals surface area (Å²) in [5.74, 6) is 0. The maximum Gasteiger partial charge on any atom is 0.151 e. The molecule has 0 amide bonds. The van der Waals surface area contributed by atoms with Gasteiger partial charge in [0.2, 0.25) is 0 Å². The summed E-state index contributed by atoms with van der Waals surface area (Å²) < 4.78 is 3.62. The molecule has 0 spiro atoms. The molecule has 0 aliphatic carbocycles. The first-order valence-corrected chi connectivity index (χ1v) is 5.62. The van der Waals surface area contributed by atoms with E-state index >= 15 is 0 Å². The SMILES string of the molecule is Cc1nn(C)cc1-c1cn2cc(C=O)ccc2n1. The van der Waals surface area contributed by atoms with Gasteiger partial charge in [-0.05, 0) is 19.1 Å². The smallest absolute Gasteiger partial charge is 0.151 e. The summed E-state index contributed by atoms with van der Waals surface area (Å²) in [6.07, 6.45) is 6.45. The van der Waals surface area contributed by atoms with Crippen LogP contribution in [0.1, 0.15) is 16.1 Å². The molecule has 0 atom stereocenters. The quantitative estimate of drug-likeness (QED) is 0.642. The number of fused-ring (bicyclic) bond motifs is 1. The van der Waals surface area contributed by atoms with Crippen LogP contribution >= 0.6 is 0 Å². The molecule has 0 radical (unpaired) electrons. The fourth-order valence-corrected chi connectivity index (χ4v) is 2.06. The fraction of sp³-hybridized carbons (Fsp3) is 0.154. The second-order valence-corrected chi connectivity index (χ2v) is 4.27. The average Bonchev–Trinajstić information content (AvgIpc) is 2.90. The van der Waals surface area contributed by atoms with Gasteiger partial charge >= 0.3 is 0 Å². The van der Waals surface area contributed by atoms with E-state index in [2.05, 4.69) is 10.1 Å². The third-order valence-corrected chi connectivity index (χ3v) is 2.90. The lowest BCUT2D eigenvalue weighted by Crippen LogP contribution is -1.86. The number of aldehydes is 1. The average molecular weight is 240 g/mol. The lowest BCUT2D eigenvalue weighted by molar-refractivity contribution is 0.112. The number of hydrogen-bond acceptors (Lipinski definition) is 3. The van der Waals surface area contributed by atoms with Crippen LogP contribution < -0.4 is 0 Å². The van der Waals surface area contributed by atoms with E-state index in [1.54, 1.807) is 16.9 Å². The van der Waals surface area contributed by atoms with E-state index in [0.29, 0.717) is 5.56 Å². The lowest BCUT2D eigenvalue weighted by Gasteiger charge is -1.92. The van der Waals surface area contributed by atoms with Gasteiger partial charge in [-0.15, -0.1) is 0 Å². The molecule has 0 aliphatic heterocycles. The zero-order chi connectivity index (χ0) is 12.7. The van der Waals surface area contributed by atoms with Crippen LogP contribution in [0.4, 0.5) is 0 Å². The first-order valence-electron chi connectivity index (χ1n) is 5.62. The maximum atomic E-state index is 10.7. The molecule has 0 N–H and O–H groups in total. The molecule has 0 saturated heterocycles. The Hall–Kier alpha value is -2.43. The van der Waals surface area contributed by atoms with Gasteiger partial charge in [-0.3, -0.25) is 9.48 Å². The Labute approximate surface area is 104 Å². The van der Waals surface area contributed by atoms with E-state index in [4.69, 9.17) is 0 Å². The van der Waals surface area contributed by atoms with Crippen molar-refractivity contribution >= 4 is 11.9 Å². The molecule has 3 rings (SSSR count). The maximum absolute atomic E-state index is 10.7. The van der Waals surface area contributed by atoms with Crippen LogP contribution in [0, 0.1) is 6.92 Å². The summed E-state index contributed by atoms with van der Waals surface area (Å²) in [5, 5.41) is 4.30. The predicted molar refractivity (Wildman–Crippen MR) is 67.5 cm³/mol. The fourth-order valence-electron chi connectivity index (χ4n) is 2.06. The molecule has 0 bridgehead atoms. The number of nitrogens with zero attached hydrogens (tertiary/aromatic N) is 4. The van der Waals surface area contributed by atoms with Crippen molar-refractivity contribution in [3.8, 4) is 11.3 Å². The van der Waals surface area contributed by atoms with Gasteiger partial charge in [-0.2, -0.15) is 5.10 Å². The summed E-state index contributed by atoms with van der Waals surface area (Å²) >= 11 is 0. The van der Waals surface area contributed by atoms with Crippen molar-refractivity contribution in [1.82, 2.24) is 19.2 Å². The van der Waals surface area contributed by atoms with E-state index in [1.807, 2.05) is 36.8 Å². The summed E-state index contributed by atoms with van der Waals surface area (Å²) in [5.41, 5.74) is 4.27. The van der Waals surface area contributed by atoms with Crippen LogP contribution in [-0.4, -0.2) is 25.5 Å². The van der Waals surface area contributed by atoms with Gasteiger partial charge in [0.15, 0.2) is 6.29 Å². The van der Waals surface area contributed by atoms with E-state index in [-0.39, 0.29) is 0 Å². The van der Waals surface area contributed by atoms with Gasteiger partial charge in [0, 0.05) is 36.8 Å². The van der Waals surface area contributed by atoms with Gasteiger partial charge in [0.1, 0.15) is 5.65 Å². The molecule has 3 heterocycles. The van der Waals surface area contributed by atoms with E-state index in [9.17, 15) is 4.79 Å². The molecular weight excluding hydrogens is 228 g/mol. The highest BCUT2D eigenvalue weighted by molar-refractivity contribution is 5.75. The van der Waals surface area contributed by atoms with E-state index in [0.717, 1.165) is 28.9 Å². The monoisotopic (exact) mass is 240 g/mol. The Morgan fingerprint density at radius 3 is 2.72 bits per heavy atom. The number of imidazole rings is 1. The second kappa shape index (κ2) is 3.80.